The van der Waals surface area contributed by atoms with Crippen molar-refractivity contribution in [3.8, 4) is 0 Å². The predicted molar refractivity (Wildman–Crippen MR) is 318 cm³/mol. The van der Waals surface area contributed by atoms with Crippen LogP contribution < -0.4 is 0 Å². The van der Waals surface area contributed by atoms with Crippen LogP contribution in [-0.4, -0.2) is 23.5 Å². The van der Waals surface area contributed by atoms with Gasteiger partial charge in [-0.25, -0.2) is 0 Å². The van der Waals surface area contributed by atoms with E-state index in [1.54, 1.807) is 6.07 Å². The number of hydrogen-bond donors (Lipinski definition) is 0. The van der Waals surface area contributed by atoms with E-state index < -0.39 is 11.7 Å². The van der Waals surface area contributed by atoms with Crippen LogP contribution in [-0.2, 0) is 12.6 Å². The Labute approximate surface area is 329 Å². The second-order valence-corrected chi connectivity index (χ2v) is 9.98. The first-order valence-electron chi connectivity index (χ1n) is 12.1. The lowest BCUT2D eigenvalue weighted by Gasteiger charge is -2.40. The Morgan fingerprint density at radius 1 is 0.971 bits per heavy atom. The summed E-state index contributed by atoms with van der Waals surface area (Å²) in [7, 11) is 0. The van der Waals surface area contributed by atoms with E-state index in [0.717, 1.165) is 25.0 Å². The molecule has 3 aromatic carbocycles. The second-order valence-electron chi connectivity index (χ2n) is 9.98. The van der Waals surface area contributed by atoms with Gasteiger partial charge in [0.25, 0.3) is 0 Å². The molecule has 0 saturated heterocycles. The Morgan fingerprint density at radius 3 is 2.41 bits per heavy atom. The number of aryl methyl sites for hydroxylation is 3. The van der Waals surface area contributed by atoms with Crippen molar-refractivity contribution in [2.24, 2.45) is 0 Å². The smallest absolute Gasteiger partial charge is 0.294 e. The Kier molecular flexibility index (Phi) is 6.65. The lowest BCUT2D eigenvalue weighted by molar-refractivity contribution is -0.138. The van der Waals surface area contributed by atoms with Gasteiger partial charge in [0.05, 0.1) is 5.56 Å². The molecule has 0 aromatic heterocycles. The van der Waals surface area contributed by atoms with Gasteiger partial charge in [0.2, 0.25) is 0 Å². The summed E-state index contributed by atoms with van der Waals surface area (Å²) in [6.45, 7) is 13.2. The first kappa shape index (κ1) is 24.5. The van der Waals surface area contributed by atoms with Crippen LogP contribution in [0.15, 0.2) is 54.1 Å². The molecule has 3 aromatic rings. The molecule has 0 saturated carbocycles. The molecule has 2 atom stereocenters. The van der Waals surface area contributed by atoms with Crippen LogP contribution >= 0.6 is 0 Å². The molecule has 34 heavy (non-hydrogen) atoms. The monoisotopic (exact) mass is 639 g/mol. The quantitative estimate of drug-likeness (QED) is 0.275. The third-order valence-electron chi connectivity index (χ3n) is 7.75. The summed E-state index contributed by atoms with van der Waals surface area (Å²) in [5.74, 6) is 0. The Balaban J connectivity index is -0.00000000197. The third kappa shape index (κ3) is 4.65. The normalized spacial score (nSPS) is 18.6. The number of nitrogens with zero attached hydrogens (tertiary/aromatic N) is 1. The van der Waals surface area contributed by atoms with Crippen molar-refractivity contribution in [1.29, 1.82) is 0 Å². The molecule has 0 bridgehead atoms. The number of halogens is 3. The van der Waals surface area contributed by atoms with Gasteiger partial charge in [-0.1, -0.05) is 48.0 Å². The first-order chi connectivity index (χ1) is 16.0. The topological polar surface area (TPSA) is 3.24 Å². The van der Waals surface area contributed by atoms with Crippen LogP contribution in [0.4, 0.5) is 13.2 Å². The summed E-state index contributed by atoms with van der Waals surface area (Å²) in [4.78, 5) is 2.50. The third-order valence-corrected chi connectivity index (χ3v) is 7.75. The van der Waals surface area contributed by atoms with Gasteiger partial charge < -0.3 is 0 Å². The summed E-state index contributed by atoms with van der Waals surface area (Å²) in [5.41, 5.74) is 6.63. The van der Waals surface area contributed by atoms with Gasteiger partial charge >= 0.3 is 6.18 Å². The molecule has 0 aliphatic carbocycles. The van der Waals surface area contributed by atoms with E-state index in [4.69, 9.17) is 0 Å². The lowest BCUT2D eigenvalue weighted by atomic mass is 9.87. The van der Waals surface area contributed by atoms with Gasteiger partial charge in [0.1, 0.15) is 0 Å². The van der Waals surface area contributed by atoms with Crippen LogP contribution in [0, 0.1) is 20.8 Å². The van der Waals surface area contributed by atoms with Crippen molar-refractivity contribution in [3.05, 3.63) is 87.5 Å². The van der Waals surface area contributed by atoms with E-state index in [1.165, 1.54) is 46.0 Å². The largest absolute Gasteiger partial charge is 0.416 e. The number of alkyl halides is 3. The van der Waals surface area contributed by atoms with E-state index in [9.17, 15) is 13.2 Å². The number of hydrogen-bond acceptors (Lipinski definition) is 1. The molecule has 1 aliphatic heterocycles. The molecule has 2 unspecified atom stereocenters. The zero-order valence-electron chi connectivity index (χ0n) is 21.0. The average molecular weight is 639 g/mol. The lowest BCUT2D eigenvalue weighted by Crippen LogP contribution is -2.45. The molecule has 4 heteroatoms. The Bertz CT molecular complexity index is 1360. The summed E-state index contributed by atoms with van der Waals surface area (Å²) < 4.78 is 40.4. The van der Waals surface area contributed by atoms with Crippen molar-refractivity contribution in [1.82, 2.24) is 4.90 Å². The number of rotatable bonds is 4. The zero-order valence-corrected chi connectivity index (χ0v) is 21.0. The first-order valence-corrected chi connectivity index (χ1v) is 12.1. The molecule has 1 aliphatic rings. The van der Waals surface area contributed by atoms with E-state index in [2.05, 4.69) is 69.9 Å². The SMILES string of the molecule is CC1=C(c2ccc(C)c(C(F)(F)F)c2)CCN(C(C)Cc2cc3cccc(C)c3cc2C)C1C.[HH].[HH].[HH].[HH].[HH].[HH].[HH].[HH].[HH].[HH].[HH].[HH].[HH].[HH].[HH].[HH].[HH].[HH].[HH].[HH].[HH].[HH].[HH].[HH].[HH].[HH].[HH].[HH].[HH].[HH].[HH].[HH].[HH].[HH].[HH].[HH].[HH].[HH].[HH].[HH].[HH].[HH].[HH].[HH].[HH].[HH].[HH].[HH].[HH].[HH].[HH].[HH].[HH].[HH].[HH].[HH].[HH].[HH].[HH].[HH].[HH].[HH].[HH].[HH].[HH].[HH].[HH].[HH].[HH].[HH].[HH].[HH].[HH].[HH].[HH].[HH].[HH].[HH].[HH].[HH].[HH].[HH].[HH].[HH].[HH].[HH]. The highest BCUT2D eigenvalue weighted by atomic mass is 19.4. The molecular formula is C30H206F3N. The van der Waals surface area contributed by atoms with Crippen LogP contribution in [0.2, 0.25) is 0 Å². The molecular weight excluding hydrogens is 431 g/mol. The Hall–Kier alpha value is -2.59. The van der Waals surface area contributed by atoms with Gasteiger partial charge in [-0.3, -0.25) is 4.90 Å². The average Bonchev–Trinajstić information content (AvgIpc) is 2.76. The second kappa shape index (κ2) is 9.22. The minimum atomic E-state index is -4.33. The number of benzene rings is 3. The summed E-state index contributed by atoms with van der Waals surface area (Å²) >= 11 is 0. The highest BCUT2D eigenvalue weighted by Crippen LogP contribution is 2.37. The van der Waals surface area contributed by atoms with Gasteiger partial charge in [0.15, 0.2) is 0 Å². The molecule has 0 N–H and O–H groups in total. The fraction of sp³-hybridized carbons (Fsp3) is 0.400. The fourth-order valence-electron chi connectivity index (χ4n) is 5.51. The highest BCUT2D eigenvalue weighted by Gasteiger charge is 2.34. The summed E-state index contributed by atoms with van der Waals surface area (Å²) in [6, 6.07) is 16.3. The van der Waals surface area contributed by atoms with E-state index >= 15 is 0 Å². The van der Waals surface area contributed by atoms with E-state index in [1.807, 2.05) is 6.07 Å². The van der Waals surface area contributed by atoms with Crippen molar-refractivity contribution in [2.75, 3.05) is 6.54 Å². The highest BCUT2D eigenvalue weighted by molar-refractivity contribution is 5.87. The van der Waals surface area contributed by atoms with Crippen molar-refractivity contribution < 1.29 is 136 Å². The number of fused-ring (bicyclic) bond motifs is 1. The molecule has 352 valence electrons. The molecule has 1 heterocycles. The van der Waals surface area contributed by atoms with Gasteiger partial charge in [-0.15, -0.1) is 0 Å². The molecule has 4 rings (SSSR count). The predicted octanol–water partition coefficient (Wildman–Crippen LogP) is 29.4. The van der Waals surface area contributed by atoms with E-state index in [0.29, 0.717) is 11.6 Å². The zero-order chi connectivity index (χ0) is 24.8. The summed E-state index contributed by atoms with van der Waals surface area (Å²) in [5, 5.41) is 2.58. The fourth-order valence-corrected chi connectivity index (χ4v) is 5.51. The van der Waals surface area contributed by atoms with Gasteiger partial charge in [-0.2, -0.15) is 13.2 Å². The molecule has 0 amide bonds. The van der Waals surface area contributed by atoms with E-state index in [-0.39, 0.29) is 134 Å². The molecule has 0 spiro atoms. The molecule has 0 fully saturated rings. The molecule has 0 radical (unpaired) electrons. The Morgan fingerprint density at radius 2 is 1.71 bits per heavy atom. The van der Waals surface area contributed by atoms with Crippen LogP contribution in [0.3, 0.4) is 0 Å². The standard InChI is InChI=1S/C30H34F3N.86H2/c1-18-8-7-9-24-16-26(20(3)14-28(18)24)15-21(4)34-13-12-27(22(5)23(34)6)25-11-10-19(2)29(17-25)30(31,32)33;;;;;;;;;;;;;;;;;;;;;;;;;;;;;;;;;;;;;;;;;;;;;;;;;;;;;;;;;;;;;;;;;;;;;;;;;;;;;;;;;;;;;;/h7-11,14,16-17,21,23H,12-13,15H2,1-6H3;86*1H. The van der Waals surface area contributed by atoms with Crippen LogP contribution in [0.1, 0.15) is 183 Å². The van der Waals surface area contributed by atoms with Gasteiger partial charge in [-0.05, 0) is 105 Å². The minimum absolute atomic E-state index is 0. The maximum absolute atomic E-state index is 13.5. The van der Waals surface area contributed by atoms with Crippen LogP contribution in [0.5, 0.6) is 0 Å². The summed E-state index contributed by atoms with van der Waals surface area (Å²) in [6.07, 6.45) is -2.62. The molecule has 1 nitrogen and oxygen atoms in total. The van der Waals surface area contributed by atoms with Crippen molar-refractivity contribution in [2.45, 2.75) is 72.6 Å². The maximum Gasteiger partial charge on any atom is 0.416 e. The van der Waals surface area contributed by atoms with Gasteiger partial charge in [0, 0.05) is 141 Å². The maximum atomic E-state index is 13.5. The van der Waals surface area contributed by atoms with Crippen LogP contribution in [0.25, 0.3) is 16.3 Å². The minimum Gasteiger partial charge on any atom is -0.294 e. The van der Waals surface area contributed by atoms with Crippen molar-refractivity contribution in [3.63, 3.8) is 0 Å². The van der Waals surface area contributed by atoms with Crippen molar-refractivity contribution >= 4 is 16.3 Å².